The highest BCUT2D eigenvalue weighted by Gasteiger charge is 2.09. The Bertz CT molecular complexity index is 881. The summed E-state index contributed by atoms with van der Waals surface area (Å²) in [4.78, 5) is 14.6. The van der Waals surface area contributed by atoms with E-state index < -0.39 is 0 Å². The van der Waals surface area contributed by atoms with Crippen LogP contribution in [-0.4, -0.2) is 12.5 Å². The van der Waals surface area contributed by atoms with Crippen LogP contribution in [0.3, 0.4) is 0 Å². The number of amides is 1. The molecule has 0 aliphatic heterocycles. The van der Waals surface area contributed by atoms with Crippen LogP contribution in [0.4, 0.5) is 11.4 Å². The fraction of sp³-hybridized carbons (Fsp3) is 0.208. The Morgan fingerprint density at radius 2 is 1.26 bits per heavy atom. The predicted molar refractivity (Wildman–Crippen MR) is 113 cm³/mol. The largest absolute Gasteiger partial charge is 0.348 e. The molecular weight excluding hydrogens is 332 g/mol. The van der Waals surface area contributed by atoms with Crippen molar-refractivity contribution >= 4 is 17.3 Å². The maximum atomic E-state index is 12.4. The number of hydrogen-bond donors (Lipinski definition) is 1. The Kier molecular flexibility index (Phi) is 5.92. The molecule has 3 heteroatoms. The molecule has 0 bridgehead atoms. The van der Waals surface area contributed by atoms with Crippen LogP contribution in [0.25, 0.3) is 0 Å². The highest BCUT2D eigenvalue weighted by atomic mass is 16.1. The second kappa shape index (κ2) is 8.54. The van der Waals surface area contributed by atoms with Gasteiger partial charge in [-0.15, -0.1) is 0 Å². The molecule has 0 saturated heterocycles. The van der Waals surface area contributed by atoms with Crippen molar-refractivity contribution in [3.05, 3.63) is 95.1 Å². The van der Waals surface area contributed by atoms with Crippen LogP contribution < -0.4 is 10.2 Å². The Hall–Kier alpha value is -3.07. The van der Waals surface area contributed by atoms with Gasteiger partial charge in [-0.05, 0) is 62.7 Å². The van der Waals surface area contributed by atoms with Crippen LogP contribution in [0.5, 0.6) is 0 Å². The first-order valence-corrected chi connectivity index (χ1v) is 9.35. The molecule has 3 aromatic carbocycles. The minimum absolute atomic E-state index is 0.0551. The smallest absolute Gasteiger partial charge is 0.251 e. The van der Waals surface area contributed by atoms with E-state index in [1.165, 1.54) is 11.1 Å². The molecular formula is C24H26N2O. The van der Waals surface area contributed by atoms with Crippen molar-refractivity contribution in [1.29, 1.82) is 0 Å². The van der Waals surface area contributed by atoms with Crippen LogP contribution >= 0.6 is 0 Å². The number of rotatable bonds is 6. The van der Waals surface area contributed by atoms with Gasteiger partial charge in [0.1, 0.15) is 0 Å². The maximum Gasteiger partial charge on any atom is 0.251 e. The van der Waals surface area contributed by atoms with Gasteiger partial charge in [-0.1, -0.05) is 47.5 Å². The third kappa shape index (κ3) is 4.76. The van der Waals surface area contributed by atoms with Gasteiger partial charge in [0, 0.05) is 30.0 Å². The molecule has 0 heterocycles. The monoisotopic (exact) mass is 358 g/mol. The average molecular weight is 358 g/mol. The molecule has 0 aliphatic carbocycles. The van der Waals surface area contributed by atoms with Crippen molar-refractivity contribution in [2.75, 3.05) is 11.4 Å². The van der Waals surface area contributed by atoms with Gasteiger partial charge in [0.25, 0.3) is 5.91 Å². The first-order chi connectivity index (χ1) is 13.1. The summed E-state index contributed by atoms with van der Waals surface area (Å²) in [7, 11) is 0. The molecule has 0 unspecified atom stereocenters. The van der Waals surface area contributed by atoms with Gasteiger partial charge >= 0.3 is 0 Å². The van der Waals surface area contributed by atoms with Gasteiger partial charge in [0.15, 0.2) is 0 Å². The van der Waals surface area contributed by atoms with Crippen LogP contribution in [0.1, 0.15) is 34.0 Å². The molecule has 1 amide bonds. The number of carbonyl (C=O) groups is 1. The minimum Gasteiger partial charge on any atom is -0.348 e. The van der Waals surface area contributed by atoms with E-state index in [1.54, 1.807) is 0 Å². The Morgan fingerprint density at radius 1 is 0.778 bits per heavy atom. The molecule has 3 nitrogen and oxygen atoms in total. The summed E-state index contributed by atoms with van der Waals surface area (Å²) in [6.07, 6.45) is 0. The lowest BCUT2D eigenvalue weighted by Gasteiger charge is -2.23. The molecule has 3 aromatic rings. The number of carbonyl (C=O) groups excluding carboxylic acids is 1. The van der Waals surface area contributed by atoms with Crippen molar-refractivity contribution < 1.29 is 4.79 Å². The Balaban J connectivity index is 1.67. The number of hydrogen-bond acceptors (Lipinski definition) is 2. The summed E-state index contributed by atoms with van der Waals surface area (Å²) < 4.78 is 0. The van der Waals surface area contributed by atoms with Crippen LogP contribution in [-0.2, 0) is 6.54 Å². The van der Waals surface area contributed by atoms with E-state index in [-0.39, 0.29) is 5.91 Å². The number of benzene rings is 3. The zero-order valence-corrected chi connectivity index (χ0v) is 16.2. The fourth-order valence-electron chi connectivity index (χ4n) is 3.02. The second-order valence-corrected chi connectivity index (χ2v) is 6.79. The van der Waals surface area contributed by atoms with E-state index in [2.05, 4.69) is 67.4 Å². The molecule has 138 valence electrons. The fourth-order valence-corrected chi connectivity index (χ4v) is 3.02. The molecule has 1 N–H and O–H groups in total. The van der Waals surface area contributed by atoms with Gasteiger partial charge < -0.3 is 10.2 Å². The van der Waals surface area contributed by atoms with E-state index >= 15 is 0 Å². The molecule has 0 spiro atoms. The third-order valence-corrected chi connectivity index (χ3v) is 4.68. The molecule has 3 rings (SSSR count). The van der Waals surface area contributed by atoms with E-state index in [4.69, 9.17) is 0 Å². The van der Waals surface area contributed by atoms with Gasteiger partial charge in [0.05, 0.1) is 0 Å². The zero-order valence-electron chi connectivity index (χ0n) is 16.2. The summed E-state index contributed by atoms with van der Waals surface area (Å²) in [5.41, 5.74) is 6.47. The quantitative estimate of drug-likeness (QED) is 0.640. The van der Waals surface area contributed by atoms with Crippen LogP contribution in [0.15, 0.2) is 72.8 Å². The highest BCUT2D eigenvalue weighted by Crippen LogP contribution is 2.25. The van der Waals surface area contributed by atoms with Crippen LogP contribution in [0, 0.1) is 13.8 Å². The minimum atomic E-state index is -0.0551. The second-order valence-electron chi connectivity index (χ2n) is 6.79. The topological polar surface area (TPSA) is 32.3 Å². The maximum absolute atomic E-state index is 12.4. The molecule has 0 aliphatic rings. The first-order valence-electron chi connectivity index (χ1n) is 9.35. The zero-order chi connectivity index (χ0) is 19.2. The SMILES string of the molecule is CCN(c1ccc(C)cc1)c1ccc(C(=O)NCc2ccc(C)cc2)cc1. The van der Waals surface area contributed by atoms with E-state index in [0.717, 1.165) is 23.5 Å². The lowest BCUT2D eigenvalue weighted by molar-refractivity contribution is 0.0951. The van der Waals surface area contributed by atoms with Gasteiger partial charge in [-0.3, -0.25) is 4.79 Å². The molecule has 0 saturated carbocycles. The van der Waals surface area contributed by atoms with Crippen molar-refractivity contribution in [3.8, 4) is 0 Å². The predicted octanol–water partition coefficient (Wildman–Crippen LogP) is 5.39. The summed E-state index contributed by atoms with van der Waals surface area (Å²) >= 11 is 0. The third-order valence-electron chi connectivity index (χ3n) is 4.68. The summed E-state index contributed by atoms with van der Waals surface area (Å²) in [6.45, 7) is 7.67. The van der Waals surface area contributed by atoms with Crippen molar-refractivity contribution in [2.24, 2.45) is 0 Å². The molecule has 0 fully saturated rings. The number of nitrogens with one attached hydrogen (secondary N) is 1. The molecule has 0 radical (unpaired) electrons. The van der Waals surface area contributed by atoms with E-state index in [1.807, 2.05) is 36.4 Å². The van der Waals surface area contributed by atoms with Gasteiger partial charge in [0.2, 0.25) is 0 Å². The van der Waals surface area contributed by atoms with Gasteiger partial charge in [-0.2, -0.15) is 0 Å². The molecule has 0 atom stereocenters. The normalized spacial score (nSPS) is 10.5. The Labute approximate surface area is 161 Å². The van der Waals surface area contributed by atoms with Gasteiger partial charge in [-0.25, -0.2) is 0 Å². The standard InChI is InChI=1S/C24H26N2O/c1-4-26(22-13-7-19(3)8-14-22)23-15-11-21(12-16-23)24(27)25-17-20-9-5-18(2)6-10-20/h5-16H,4,17H2,1-3H3,(H,25,27). The summed E-state index contributed by atoms with van der Waals surface area (Å²) in [5, 5.41) is 2.98. The number of aryl methyl sites for hydroxylation is 2. The van der Waals surface area contributed by atoms with E-state index in [0.29, 0.717) is 12.1 Å². The van der Waals surface area contributed by atoms with Crippen molar-refractivity contribution in [3.63, 3.8) is 0 Å². The molecule has 0 aromatic heterocycles. The molecule has 27 heavy (non-hydrogen) atoms. The lowest BCUT2D eigenvalue weighted by Crippen LogP contribution is -2.23. The number of anilines is 2. The van der Waals surface area contributed by atoms with Crippen molar-refractivity contribution in [1.82, 2.24) is 5.32 Å². The van der Waals surface area contributed by atoms with Crippen molar-refractivity contribution in [2.45, 2.75) is 27.3 Å². The lowest BCUT2D eigenvalue weighted by atomic mass is 10.1. The Morgan fingerprint density at radius 3 is 1.78 bits per heavy atom. The average Bonchev–Trinajstić information content (AvgIpc) is 2.70. The first kappa shape index (κ1) is 18.7. The van der Waals surface area contributed by atoms with Crippen LogP contribution in [0.2, 0.25) is 0 Å². The van der Waals surface area contributed by atoms with E-state index in [9.17, 15) is 4.79 Å². The number of nitrogens with zero attached hydrogens (tertiary/aromatic N) is 1. The summed E-state index contributed by atoms with van der Waals surface area (Å²) in [6, 6.07) is 24.5. The highest BCUT2D eigenvalue weighted by molar-refractivity contribution is 5.94. The summed E-state index contributed by atoms with van der Waals surface area (Å²) in [5.74, 6) is -0.0551.